The van der Waals surface area contributed by atoms with Gasteiger partial charge in [0.2, 0.25) is 0 Å². The Morgan fingerprint density at radius 1 is 1.29 bits per heavy atom. The Kier molecular flexibility index (Phi) is 4.00. The Labute approximate surface area is 85.6 Å². The van der Waals surface area contributed by atoms with Crippen LogP contribution >= 0.6 is 0 Å². The lowest BCUT2D eigenvalue weighted by Gasteiger charge is -2.16. The van der Waals surface area contributed by atoms with Crippen molar-refractivity contribution in [1.29, 1.82) is 5.26 Å². The highest BCUT2D eigenvalue weighted by atomic mass is 14.9. The van der Waals surface area contributed by atoms with E-state index in [1.54, 1.807) is 0 Å². The second-order valence-electron chi connectivity index (χ2n) is 3.32. The molecule has 1 aromatic rings. The van der Waals surface area contributed by atoms with Crippen LogP contribution < -0.4 is 5.32 Å². The lowest BCUT2D eigenvalue weighted by Crippen LogP contribution is -2.17. The van der Waals surface area contributed by atoms with Gasteiger partial charge in [-0.2, -0.15) is 5.26 Å². The Bertz CT molecular complexity index is 321. The van der Waals surface area contributed by atoms with Gasteiger partial charge < -0.3 is 5.32 Å². The van der Waals surface area contributed by atoms with E-state index in [2.05, 4.69) is 25.2 Å². The lowest BCUT2D eigenvalue weighted by molar-refractivity contribution is 0.671. The van der Waals surface area contributed by atoms with E-state index in [0.29, 0.717) is 6.04 Å². The van der Waals surface area contributed by atoms with E-state index < -0.39 is 0 Å². The van der Waals surface area contributed by atoms with Crippen molar-refractivity contribution in [1.82, 2.24) is 0 Å². The van der Waals surface area contributed by atoms with E-state index in [-0.39, 0.29) is 0 Å². The fraction of sp³-hybridized carbons (Fsp3) is 0.417. The normalized spacial score (nSPS) is 9.86. The average molecular weight is 188 g/mol. The molecule has 2 nitrogen and oxygen atoms in total. The number of nitrogens with zero attached hydrogens (tertiary/aromatic N) is 1. The summed E-state index contributed by atoms with van der Waals surface area (Å²) in [7, 11) is 0. The summed E-state index contributed by atoms with van der Waals surface area (Å²) in [5.41, 5.74) is 1.67. The van der Waals surface area contributed by atoms with Crippen LogP contribution in [0.1, 0.15) is 32.3 Å². The quantitative estimate of drug-likeness (QED) is 0.787. The molecule has 0 aliphatic carbocycles. The molecule has 0 fully saturated rings. The highest BCUT2D eigenvalue weighted by molar-refractivity contribution is 5.57. The van der Waals surface area contributed by atoms with E-state index in [1.807, 2.05) is 24.3 Å². The van der Waals surface area contributed by atoms with Crippen LogP contribution in [0.15, 0.2) is 24.3 Å². The maximum absolute atomic E-state index is 8.89. The zero-order valence-electron chi connectivity index (χ0n) is 8.75. The van der Waals surface area contributed by atoms with Crippen LogP contribution in [0.2, 0.25) is 0 Å². The van der Waals surface area contributed by atoms with Gasteiger partial charge in [-0.05, 0) is 25.0 Å². The minimum absolute atomic E-state index is 0.462. The smallest absolute Gasteiger partial charge is 0.101 e. The van der Waals surface area contributed by atoms with E-state index in [9.17, 15) is 0 Å². The zero-order valence-corrected chi connectivity index (χ0v) is 8.75. The largest absolute Gasteiger partial charge is 0.381 e. The molecular weight excluding hydrogens is 172 g/mol. The number of benzene rings is 1. The number of rotatable bonds is 4. The van der Waals surface area contributed by atoms with Gasteiger partial charge in [-0.3, -0.25) is 0 Å². The predicted molar refractivity (Wildman–Crippen MR) is 59.1 cm³/mol. The Morgan fingerprint density at radius 2 is 1.93 bits per heavy atom. The number of hydrogen-bond acceptors (Lipinski definition) is 2. The zero-order chi connectivity index (χ0) is 10.4. The summed E-state index contributed by atoms with van der Waals surface area (Å²) in [6.07, 6.45) is 2.16. The fourth-order valence-corrected chi connectivity index (χ4v) is 1.42. The van der Waals surface area contributed by atoms with Crippen LogP contribution in [0.5, 0.6) is 0 Å². The second-order valence-corrected chi connectivity index (χ2v) is 3.32. The molecule has 2 heteroatoms. The maximum Gasteiger partial charge on any atom is 0.101 e. The first-order valence-corrected chi connectivity index (χ1v) is 5.07. The first-order valence-electron chi connectivity index (χ1n) is 5.07. The summed E-state index contributed by atoms with van der Waals surface area (Å²) in [5.74, 6) is 0. The van der Waals surface area contributed by atoms with E-state index >= 15 is 0 Å². The highest BCUT2D eigenvalue weighted by Crippen LogP contribution is 2.16. The molecule has 0 heterocycles. The first kappa shape index (κ1) is 10.6. The Hall–Kier alpha value is -1.49. The number of anilines is 1. The molecule has 0 aliphatic rings. The summed E-state index contributed by atoms with van der Waals surface area (Å²) in [6, 6.07) is 10.3. The minimum atomic E-state index is 0.462. The number of nitrogens with one attached hydrogen (secondary N) is 1. The van der Waals surface area contributed by atoms with E-state index in [4.69, 9.17) is 5.26 Å². The van der Waals surface area contributed by atoms with Crippen LogP contribution in [-0.2, 0) is 0 Å². The van der Waals surface area contributed by atoms with Gasteiger partial charge in [-0.25, -0.2) is 0 Å². The molecule has 1 N–H and O–H groups in total. The summed E-state index contributed by atoms with van der Waals surface area (Å²) in [4.78, 5) is 0. The van der Waals surface area contributed by atoms with Gasteiger partial charge in [0.15, 0.2) is 0 Å². The molecule has 14 heavy (non-hydrogen) atoms. The third kappa shape index (κ3) is 2.50. The molecule has 0 bridgehead atoms. The van der Waals surface area contributed by atoms with Gasteiger partial charge >= 0.3 is 0 Å². The van der Waals surface area contributed by atoms with Crippen molar-refractivity contribution in [2.24, 2.45) is 0 Å². The molecule has 0 spiro atoms. The number of para-hydroxylation sites is 1. The van der Waals surface area contributed by atoms with Crippen molar-refractivity contribution in [3.63, 3.8) is 0 Å². The molecule has 0 amide bonds. The van der Waals surface area contributed by atoms with Gasteiger partial charge in [0.05, 0.1) is 11.3 Å². The van der Waals surface area contributed by atoms with Crippen molar-refractivity contribution < 1.29 is 0 Å². The first-order chi connectivity index (χ1) is 6.81. The molecule has 0 aromatic heterocycles. The molecule has 0 unspecified atom stereocenters. The monoisotopic (exact) mass is 188 g/mol. The topological polar surface area (TPSA) is 35.8 Å². The van der Waals surface area contributed by atoms with Crippen LogP contribution in [0.25, 0.3) is 0 Å². The molecule has 74 valence electrons. The molecule has 0 saturated heterocycles. The molecule has 0 saturated carbocycles. The third-order valence-electron chi connectivity index (χ3n) is 2.39. The van der Waals surface area contributed by atoms with Gasteiger partial charge in [-0.15, -0.1) is 0 Å². The molecule has 1 rings (SSSR count). The lowest BCUT2D eigenvalue weighted by atomic mass is 10.1. The summed E-state index contributed by atoms with van der Waals surface area (Å²) in [5, 5.41) is 12.3. The SMILES string of the molecule is CCC(CC)Nc1ccccc1C#N. The van der Waals surface area contributed by atoms with Crippen LogP contribution in [0.4, 0.5) is 5.69 Å². The number of hydrogen-bond donors (Lipinski definition) is 1. The van der Waals surface area contributed by atoms with Crippen molar-refractivity contribution in [3.05, 3.63) is 29.8 Å². The minimum Gasteiger partial charge on any atom is -0.381 e. The van der Waals surface area contributed by atoms with Crippen LogP contribution in [-0.4, -0.2) is 6.04 Å². The predicted octanol–water partition coefficient (Wildman–Crippen LogP) is 3.16. The average Bonchev–Trinajstić information content (AvgIpc) is 2.26. The van der Waals surface area contributed by atoms with Gasteiger partial charge in [0.1, 0.15) is 6.07 Å². The standard InChI is InChI=1S/C12H16N2/c1-3-11(4-2)14-12-8-6-5-7-10(12)9-13/h5-8,11,14H,3-4H2,1-2H3. The van der Waals surface area contributed by atoms with Gasteiger partial charge in [0.25, 0.3) is 0 Å². The van der Waals surface area contributed by atoms with Gasteiger partial charge in [0, 0.05) is 6.04 Å². The van der Waals surface area contributed by atoms with Gasteiger partial charge in [-0.1, -0.05) is 26.0 Å². The van der Waals surface area contributed by atoms with Crippen molar-refractivity contribution in [3.8, 4) is 6.07 Å². The van der Waals surface area contributed by atoms with Crippen LogP contribution in [0.3, 0.4) is 0 Å². The van der Waals surface area contributed by atoms with E-state index in [1.165, 1.54) is 0 Å². The second kappa shape index (κ2) is 5.29. The summed E-state index contributed by atoms with van der Waals surface area (Å²) < 4.78 is 0. The fourth-order valence-electron chi connectivity index (χ4n) is 1.42. The third-order valence-corrected chi connectivity index (χ3v) is 2.39. The molecule has 0 radical (unpaired) electrons. The van der Waals surface area contributed by atoms with Crippen molar-refractivity contribution in [2.75, 3.05) is 5.32 Å². The maximum atomic E-state index is 8.89. The van der Waals surface area contributed by atoms with Crippen molar-refractivity contribution in [2.45, 2.75) is 32.7 Å². The molecule has 0 aliphatic heterocycles. The highest BCUT2D eigenvalue weighted by Gasteiger charge is 2.05. The summed E-state index contributed by atoms with van der Waals surface area (Å²) in [6.45, 7) is 4.30. The molecule has 1 aromatic carbocycles. The van der Waals surface area contributed by atoms with Crippen LogP contribution in [0, 0.1) is 11.3 Å². The Morgan fingerprint density at radius 3 is 2.50 bits per heavy atom. The molecular formula is C12H16N2. The van der Waals surface area contributed by atoms with Crippen molar-refractivity contribution >= 4 is 5.69 Å². The molecule has 0 atom stereocenters. The number of nitriles is 1. The van der Waals surface area contributed by atoms with E-state index in [0.717, 1.165) is 24.1 Å². The Balaban J connectivity index is 2.80. The summed E-state index contributed by atoms with van der Waals surface area (Å²) >= 11 is 0.